The number of anilines is 1. The highest BCUT2D eigenvalue weighted by Gasteiger charge is 2.14. The van der Waals surface area contributed by atoms with Gasteiger partial charge in [0.2, 0.25) is 5.96 Å². The summed E-state index contributed by atoms with van der Waals surface area (Å²) in [6.45, 7) is 0. The molecule has 0 aliphatic rings. The van der Waals surface area contributed by atoms with Crippen molar-refractivity contribution in [3.05, 3.63) is 54.1 Å². The lowest BCUT2D eigenvalue weighted by Gasteiger charge is -2.07. The Kier molecular flexibility index (Phi) is 4.51. The number of sulfonamides is 1. The normalized spacial score (nSPS) is 10.8. The lowest BCUT2D eigenvalue weighted by Crippen LogP contribution is -2.24. The molecule has 1 amide bonds. The van der Waals surface area contributed by atoms with Gasteiger partial charge in [0.05, 0.1) is 10.5 Å². The first-order valence-electron chi connectivity index (χ1n) is 6.35. The molecule has 0 heterocycles. The number of hydrogen-bond acceptors (Lipinski definition) is 4. The van der Waals surface area contributed by atoms with Gasteiger partial charge in [-0.1, -0.05) is 12.1 Å². The van der Waals surface area contributed by atoms with Crippen molar-refractivity contribution in [3.63, 3.8) is 0 Å². The van der Waals surface area contributed by atoms with E-state index in [1.54, 1.807) is 12.1 Å². The molecule has 0 saturated heterocycles. The molecular weight excluding hydrogens is 320 g/mol. The predicted octanol–water partition coefficient (Wildman–Crippen LogP) is 0.607. The monoisotopic (exact) mass is 334 g/mol. The molecule has 0 spiro atoms. The average Bonchev–Trinajstić information content (AvgIpc) is 2.47. The van der Waals surface area contributed by atoms with Crippen LogP contribution in [0.2, 0.25) is 0 Å². The van der Waals surface area contributed by atoms with Crippen LogP contribution >= 0.6 is 0 Å². The van der Waals surface area contributed by atoms with Gasteiger partial charge in [-0.3, -0.25) is 4.79 Å². The number of carbonyl (C=O) groups is 1. The summed E-state index contributed by atoms with van der Waals surface area (Å²) >= 11 is 0. The smallest absolute Gasteiger partial charge is 0.285 e. The second kappa shape index (κ2) is 6.36. The van der Waals surface area contributed by atoms with Crippen LogP contribution in [-0.2, 0) is 10.0 Å². The van der Waals surface area contributed by atoms with Crippen molar-refractivity contribution in [1.82, 2.24) is 0 Å². The van der Waals surface area contributed by atoms with Crippen LogP contribution < -0.4 is 16.8 Å². The summed E-state index contributed by atoms with van der Waals surface area (Å²) in [7, 11) is -3.98. The minimum absolute atomic E-state index is 0.102. The first-order chi connectivity index (χ1) is 10.8. The van der Waals surface area contributed by atoms with Gasteiger partial charge in [0.15, 0.2) is 0 Å². The van der Waals surface area contributed by atoms with Crippen molar-refractivity contribution < 1.29 is 18.3 Å². The van der Waals surface area contributed by atoms with Gasteiger partial charge in [-0.25, -0.2) is 0 Å². The number of amides is 1. The number of nitrogens with zero attached hydrogens (tertiary/aromatic N) is 1. The Morgan fingerprint density at radius 1 is 1.04 bits per heavy atom. The summed E-state index contributed by atoms with van der Waals surface area (Å²) < 4.78 is 26.7. The van der Waals surface area contributed by atoms with Crippen LogP contribution in [0.25, 0.3) is 0 Å². The molecule has 0 unspecified atom stereocenters. The molecule has 0 aliphatic carbocycles. The van der Waals surface area contributed by atoms with Crippen LogP contribution in [0, 0.1) is 0 Å². The lowest BCUT2D eigenvalue weighted by atomic mass is 10.2. The number of phenols is 1. The van der Waals surface area contributed by atoms with Gasteiger partial charge in [-0.05, 0) is 36.4 Å². The summed E-state index contributed by atoms with van der Waals surface area (Å²) in [5.74, 6) is -1.25. The van der Waals surface area contributed by atoms with Crippen LogP contribution in [0.1, 0.15) is 10.4 Å². The number of benzene rings is 2. The molecule has 23 heavy (non-hydrogen) atoms. The van der Waals surface area contributed by atoms with E-state index in [2.05, 4.69) is 9.71 Å². The first-order valence-corrected chi connectivity index (χ1v) is 7.79. The zero-order chi connectivity index (χ0) is 17.0. The highest BCUT2D eigenvalue weighted by molar-refractivity contribution is 7.90. The molecule has 2 rings (SSSR count). The van der Waals surface area contributed by atoms with Gasteiger partial charge >= 0.3 is 0 Å². The third-order valence-electron chi connectivity index (χ3n) is 2.78. The van der Waals surface area contributed by atoms with Gasteiger partial charge in [0, 0.05) is 5.69 Å². The number of guanidine groups is 1. The number of rotatable bonds is 4. The van der Waals surface area contributed by atoms with E-state index >= 15 is 0 Å². The fourth-order valence-electron chi connectivity index (χ4n) is 1.77. The molecule has 2 aromatic carbocycles. The van der Waals surface area contributed by atoms with E-state index in [4.69, 9.17) is 11.5 Å². The Morgan fingerprint density at radius 2 is 1.65 bits per heavy atom. The van der Waals surface area contributed by atoms with E-state index in [1.807, 2.05) is 0 Å². The largest absolute Gasteiger partial charge is 0.507 e. The fourth-order valence-corrected chi connectivity index (χ4v) is 2.63. The molecule has 6 N–H and O–H groups in total. The van der Waals surface area contributed by atoms with E-state index in [9.17, 15) is 18.3 Å². The molecule has 0 fully saturated rings. The van der Waals surface area contributed by atoms with Crippen LogP contribution in [0.15, 0.2) is 57.8 Å². The highest BCUT2D eigenvalue weighted by atomic mass is 32.2. The summed E-state index contributed by atoms with van der Waals surface area (Å²) in [4.78, 5) is 11.9. The van der Waals surface area contributed by atoms with Crippen LogP contribution in [-0.4, -0.2) is 25.4 Å². The maximum atomic E-state index is 12.0. The Morgan fingerprint density at radius 3 is 2.22 bits per heavy atom. The molecule has 9 heteroatoms. The maximum Gasteiger partial charge on any atom is 0.285 e. The van der Waals surface area contributed by atoms with E-state index in [0.29, 0.717) is 5.69 Å². The second-order valence-electron chi connectivity index (χ2n) is 4.49. The zero-order valence-electron chi connectivity index (χ0n) is 11.8. The lowest BCUT2D eigenvalue weighted by molar-refractivity contribution is 0.102. The topological polar surface area (TPSA) is 148 Å². The third kappa shape index (κ3) is 3.98. The molecular formula is C14H14N4O4S. The molecule has 8 nitrogen and oxygen atoms in total. The molecule has 0 bridgehead atoms. The van der Waals surface area contributed by atoms with Crippen LogP contribution in [0.5, 0.6) is 5.75 Å². The van der Waals surface area contributed by atoms with Crippen molar-refractivity contribution in [2.75, 3.05) is 5.32 Å². The molecule has 120 valence electrons. The fraction of sp³-hybridized carbons (Fsp3) is 0. The van der Waals surface area contributed by atoms with Gasteiger partial charge in [-0.2, -0.15) is 8.42 Å². The van der Waals surface area contributed by atoms with Crippen LogP contribution in [0.3, 0.4) is 0 Å². The minimum atomic E-state index is -3.98. The Labute approximate surface area is 132 Å². The molecule has 0 radical (unpaired) electrons. The number of hydrogen-bond donors (Lipinski definition) is 4. The zero-order valence-corrected chi connectivity index (χ0v) is 12.6. The second-order valence-corrected chi connectivity index (χ2v) is 6.09. The molecule has 0 atom stereocenters. The number of nitrogens with two attached hydrogens (primary N) is 2. The number of nitrogens with one attached hydrogen (secondary N) is 1. The van der Waals surface area contributed by atoms with Gasteiger partial charge in [-0.15, -0.1) is 4.40 Å². The van der Waals surface area contributed by atoms with Gasteiger partial charge in [0.1, 0.15) is 5.75 Å². The summed E-state index contributed by atoms with van der Waals surface area (Å²) in [5, 5.41) is 12.2. The summed E-state index contributed by atoms with van der Waals surface area (Å²) in [6, 6.07) is 11.3. The Hall–Kier alpha value is -3.07. The average molecular weight is 334 g/mol. The first kappa shape index (κ1) is 16.3. The summed E-state index contributed by atoms with van der Waals surface area (Å²) in [6.07, 6.45) is 0. The van der Waals surface area contributed by atoms with Crippen LogP contribution in [0.4, 0.5) is 5.69 Å². The third-order valence-corrected chi connectivity index (χ3v) is 4.10. The number of aromatic hydroxyl groups is 1. The number of para-hydroxylation sites is 1. The minimum Gasteiger partial charge on any atom is -0.507 e. The number of phenolic OH excluding ortho intramolecular Hbond substituents is 1. The molecule has 0 saturated carbocycles. The van der Waals surface area contributed by atoms with Crippen molar-refractivity contribution >= 4 is 27.6 Å². The van der Waals surface area contributed by atoms with Crippen molar-refractivity contribution in [1.29, 1.82) is 0 Å². The summed E-state index contributed by atoms with van der Waals surface area (Å²) in [5.41, 5.74) is 10.6. The quantitative estimate of drug-likeness (QED) is 0.475. The van der Waals surface area contributed by atoms with E-state index in [0.717, 1.165) is 0 Å². The van der Waals surface area contributed by atoms with Crippen molar-refractivity contribution in [3.8, 4) is 5.75 Å². The highest BCUT2D eigenvalue weighted by Crippen LogP contribution is 2.19. The Bertz CT molecular complexity index is 857. The standard InChI is InChI=1S/C14H14N4O4S/c15-14(16)18-23(21,22)10-7-5-9(6-8-10)17-13(20)11-3-1-2-4-12(11)19/h1-8,19H,(H,17,20)(H4,15,16,18). The molecule has 2 aromatic rings. The van der Waals surface area contributed by atoms with Gasteiger partial charge < -0.3 is 21.9 Å². The van der Waals surface area contributed by atoms with Gasteiger partial charge in [0.25, 0.3) is 15.9 Å². The van der Waals surface area contributed by atoms with E-state index < -0.39 is 21.9 Å². The number of carbonyl (C=O) groups excluding carboxylic acids is 1. The predicted molar refractivity (Wildman–Crippen MR) is 85.5 cm³/mol. The SMILES string of the molecule is NC(N)=NS(=O)(=O)c1ccc(NC(=O)c2ccccc2O)cc1. The molecule has 0 aliphatic heterocycles. The van der Waals surface area contributed by atoms with E-state index in [-0.39, 0.29) is 16.2 Å². The Balaban J connectivity index is 2.20. The molecule has 0 aromatic heterocycles. The maximum absolute atomic E-state index is 12.0. The van der Waals surface area contributed by atoms with Crippen molar-refractivity contribution in [2.45, 2.75) is 4.90 Å². The van der Waals surface area contributed by atoms with Crippen molar-refractivity contribution in [2.24, 2.45) is 15.9 Å². The van der Waals surface area contributed by atoms with E-state index in [1.165, 1.54) is 36.4 Å².